The Morgan fingerprint density at radius 2 is 0.729 bits per heavy atom. The smallest absolute Gasteiger partial charge is 0.134 e. The number of benzene rings is 5. The highest BCUT2D eigenvalue weighted by molar-refractivity contribution is 5.61. The number of hydrogen-bond acceptors (Lipinski definition) is 3. The van der Waals surface area contributed by atoms with Gasteiger partial charge < -0.3 is 4.74 Å². The van der Waals surface area contributed by atoms with E-state index in [0.717, 1.165) is 11.4 Å². The number of ether oxygens (including phenoxy) is 1. The molecule has 6 rings (SSSR count). The Labute approximate surface area is 356 Å². The summed E-state index contributed by atoms with van der Waals surface area (Å²) in [6.07, 6.45) is 2.00. The highest BCUT2D eigenvalue weighted by Crippen LogP contribution is 2.47. The fourth-order valence-corrected chi connectivity index (χ4v) is 7.94. The van der Waals surface area contributed by atoms with E-state index in [-0.39, 0.29) is 27.1 Å². The number of aromatic nitrogens is 3. The van der Waals surface area contributed by atoms with Crippen LogP contribution in [0.5, 0.6) is 5.75 Å². The molecular weight excluding hydrogens is 719 g/mol. The number of rotatable bonds is 9. The minimum Gasteiger partial charge on any atom is -0.487 e. The molecule has 0 amide bonds. The van der Waals surface area contributed by atoms with Gasteiger partial charge in [0.15, 0.2) is 0 Å². The summed E-state index contributed by atoms with van der Waals surface area (Å²) in [5, 5.41) is 9.01. The lowest BCUT2D eigenvalue weighted by Crippen LogP contribution is -2.31. The van der Waals surface area contributed by atoms with Gasteiger partial charge in [0, 0.05) is 0 Å². The van der Waals surface area contributed by atoms with E-state index in [0.29, 0.717) is 13.2 Å². The van der Waals surface area contributed by atoms with Gasteiger partial charge in [-0.05, 0) is 94.8 Å². The maximum Gasteiger partial charge on any atom is 0.134 e. The predicted octanol–water partition coefficient (Wildman–Crippen LogP) is 13.8. The average Bonchev–Trinajstić information content (AvgIpc) is 3.60. The van der Waals surface area contributed by atoms with Crippen LogP contribution in [0, 0.1) is 0 Å². The first-order chi connectivity index (χ1) is 27.3. The van der Waals surface area contributed by atoms with Crippen molar-refractivity contribution >= 4 is 0 Å². The third-order valence-corrected chi connectivity index (χ3v) is 11.9. The van der Waals surface area contributed by atoms with Gasteiger partial charge in [0.25, 0.3) is 0 Å². The number of nitrogens with zero attached hydrogens (tertiary/aromatic N) is 3. The van der Waals surface area contributed by atoms with Gasteiger partial charge in [-0.2, -0.15) is 0 Å². The third-order valence-electron chi connectivity index (χ3n) is 11.9. The van der Waals surface area contributed by atoms with Crippen LogP contribution in [0.3, 0.4) is 0 Å². The molecule has 0 unspecified atom stereocenters. The van der Waals surface area contributed by atoms with E-state index in [1.165, 1.54) is 55.6 Å². The van der Waals surface area contributed by atoms with Gasteiger partial charge in [0.05, 0.1) is 18.2 Å². The molecule has 59 heavy (non-hydrogen) atoms. The average molecular weight is 788 g/mol. The molecule has 0 bridgehead atoms. The molecule has 4 heteroatoms. The summed E-state index contributed by atoms with van der Waals surface area (Å²) in [6.45, 7) is 35.1. The van der Waals surface area contributed by atoms with E-state index in [2.05, 4.69) is 229 Å². The summed E-state index contributed by atoms with van der Waals surface area (Å²) in [5.74, 6) is 0.791. The quantitative estimate of drug-likeness (QED) is 0.137. The lowest BCUT2D eigenvalue weighted by Gasteiger charge is -2.38. The molecule has 0 aliphatic carbocycles. The van der Waals surface area contributed by atoms with Crippen LogP contribution in [0.25, 0.3) is 0 Å². The molecule has 0 aliphatic rings. The zero-order chi connectivity index (χ0) is 43.2. The summed E-state index contributed by atoms with van der Waals surface area (Å²) in [6, 6.07) is 43.6. The first-order valence-electron chi connectivity index (χ1n) is 21.5. The summed E-state index contributed by atoms with van der Waals surface area (Å²) in [7, 11) is 0. The second-order valence-corrected chi connectivity index (χ2v) is 21.9. The molecular formula is C55H69N3O. The molecule has 0 aliphatic heterocycles. The van der Waals surface area contributed by atoms with Crippen molar-refractivity contribution in [2.45, 2.75) is 149 Å². The van der Waals surface area contributed by atoms with Gasteiger partial charge in [-0.3, -0.25) is 0 Å². The summed E-state index contributed by atoms with van der Waals surface area (Å²) in [5.41, 5.74) is 13.2. The Bertz CT molecular complexity index is 2150. The molecule has 0 saturated heterocycles. The molecule has 0 radical (unpaired) electrons. The van der Waals surface area contributed by atoms with Crippen LogP contribution in [0.4, 0.5) is 0 Å². The maximum atomic E-state index is 6.41. The number of hydrogen-bond donors (Lipinski definition) is 0. The summed E-state index contributed by atoms with van der Waals surface area (Å²) in [4.78, 5) is 0. The fraction of sp³-hybridized carbons (Fsp3) is 0.418. The van der Waals surface area contributed by atoms with E-state index in [1.807, 2.05) is 10.9 Å². The van der Waals surface area contributed by atoms with Crippen molar-refractivity contribution in [3.05, 3.63) is 183 Å². The van der Waals surface area contributed by atoms with Crippen LogP contribution in [-0.4, -0.2) is 15.0 Å². The first kappa shape index (κ1) is 43.6. The Morgan fingerprint density at radius 1 is 0.407 bits per heavy atom. The highest BCUT2D eigenvalue weighted by atomic mass is 16.5. The topological polar surface area (TPSA) is 39.9 Å². The van der Waals surface area contributed by atoms with E-state index in [9.17, 15) is 0 Å². The molecule has 0 fully saturated rings. The Kier molecular flexibility index (Phi) is 11.8. The maximum absolute atomic E-state index is 6.41. The van der Waals surface area contributed by atoms with Crippen molar-refractivity contribution in [1.29, 1.82) is 0 Å². The second kappa shape index (κ2) is 15.9. The van der Waals surface area contributed by atoms with E-state index >= 15 is 0 Å². The Morgan fingerprint density at radius 3 is 1.07 bits per heavy atom. The molecule has 5 aromatic carbocycles. The molecule has 6 aromatic rings. The molecule has 0 spiro atoms. The van der Waals surface area contributed by atoms with Gasteiger partial charge in [-0.15, -0.1) is 5.10 Å². The molecule has 0 saturated carbocycles. The fourth-order valence-electron chi connectivity index (χ4n) is 7.94. The van der Waals surface area contributed by atoms with Crippen LogP contribution in [0.15, 0.2) is 121 Å². The summed E-state index contributed by atoms with van der Waals surface area (Å²) >= 11 is 0. The molecule has 4 nitrogen and oxygen atoms in total. The van der Waals surface area contributed by atoms with Crippen molar-refractivity contribution in [3.63, 3.8) is 0 Å². The Hall–Kier alpha value is -4.96. The van der Waals surface area contributed by atoms with Gasteiger partial charge in [-0.25, -0.2) is 4.68 Å². The van der Waals surface area contributed by atoms with Crippen LogP contribution < -0.4 is 4.74 Å². The third kappa shape index (κ3) is 9.75. The van der Waals surface area contributed by atoms with E-state index < -0.39 is 5.41 Å². The summed E-state index contributed by atoms with van der Waals surface area (Å²) < 4.78 is 8.33. The minimum atomic E-state index is -0.582. The monoisotopic (exact) mass is 788 g/mol. The Balaban J connectivity index is 1.36. The predicted molar refractivity (Wildman–Crippen MR) is 248 cm³/mol. The standard InChI is InChI=1S/C55H69N3O/c1-50(2,3)39-16-22-42(23-17-39)55(43-24-18-40(19-25-43)51(4,5)6,44-26-20-41(21-27-44)52(7,8)9)45-28-30-49(31-29-45)59-37-48-36-58(57-56-48)35-38-32-46(53(10,11)12)34-47(33-38)54(13,14)15/h16-34,36H,35,37H2,1-15H3. The zero-order valence-corrected chi connectivity index (χ0v) is 38.7. The van der Waals surface area contributed by atoms with Crippen molar-refractivity contribution in [2.75, 3.05) is 0 Å². The van der Waals surface area contributed by atoms with Gasteiger partial charge in [0.1, 0.15) is 18.1 Å². The first-order valence-corrected chi connectivity index (χ1v) is 21.5. The molecule has 0 atom stereocenters. The SMILES string of the molecule is CC(C)(C)c1ccc(C(c2ccc(OCc3cn(Cc4cc(C(C)(C)C)cc(C(C)(C)C)c4)nn3)cc2)(c2ccc(C(C)(C)C)cc2)c2ccc(C(C)(C)C)cc2)cc1. The normalized spacial score (nSPS) is 13.1. The van der Waals surface area contributed by atoms with E-state index in [1.54, 1.807) is 0 Å². The van der Waals surface area contributed by atoms with Gasteiger partial charge >= 0.3 is 0 Å². The highest BCUT2D eigenvalue weighted by Gasteiger charge is 2.39. The van der Waals surface area contributed by atoms with Gasteiger partial charge in [-0.1, -0.05) is 212 Å². The van der Waals surface area contributed by atoms with Crippen LogP contribution >= 0.6 is 0 Å². The van der Waals surface area contributed by atoms with Crippen molar-refractivity contribution in [1.82, 2.24) is 15.0 Å². The van der Waals surface area contributed by atoms with Gasteiger partial charge in [0.2, 0.25) is 0 Å². The van der Waals surface area contributed by atoms with Crippen molar-refractivity contribution in [2.24, 2.45) is 0 Å². The van der Waals surface area contributed by atoms with Crippen LogP contribution in [0.2, 0.25) is 0 Å². The van der Waals surface area contributed by atoms with Crippen LogP contribution in [-0.2, 0) is 45.6 Å². The molecule has 1 aromatic heterocycles. The second-order valence-electron chi connectivity index (χ2n) is 21.9. The molecule has 1 heterocycles. The van der Waals surface area contributed by atoms with Crippen LogP contribution in [0.1, 0.15) is 165 Å². The molecule has 0 N–H and O–H groups in total. The zero-order valence-electron chi connectivity index (χ0n) is 38.7. The molecule has 310 valence electrons. The largest absolute Gasteiger partial charge is 0.487 e. The lowest BCUT2D eigenvalue weighted by molar-refractivity contribution is 0.301. The van der Waals surface area contributed by atoms with Crippen molar-refractivity contribution in [3.8, 4) is 5.75 Å². The van der Waals surface area contributed by atoms with E-state index in [4.69, 9.17) is 4.74 Å². The lowest BCUT2D eigenvalue weighted by atomic mass is 9.64. The van der Waals surface area contributed by atoms with Crippen molar-refractivity contribution < 1.29 is 4.74 Å². The minimum absolute atomic E-state index is 0.0430.